The van der Waals surface area contributed by atoms with Gasteiger partial charge in [-0.2, -0.15) is 0 Å². The Hall–Kier alpha value is -0.673. The summed E-state index contributed by atoms with van der Waals surface area (Å²) in [5, 5.41) is 1.35. The molecule has 0 radical (unpaired) electrons. The lowest BCUT2D eigenvalue weighted by Gasteiger charge is -2.33. The minimum atomic E-state index is -1.39. The van der Waals surface area contributed by atoms with Crippen molar-refractivity contribution in [2.75, 3.05) is 13.3 Å². The van der Waals surface area contributed by atoms with Gasteiger partial charge in [-0.05, 0) is 24.2 Å². The molecule has 2 heterocycles. The summed E-state index contributed by atoms with van der Waals surface area (Å²) in [5.41, 5.74) is 0. The number of pyridine rings is 1. The van der Waals surface area contributed by atoms with Gasteiger partial charge in [0, 0.05) is 24.9 Å². The fourth-order valence-corrected chi connectivity index (χ4v) is 7.06. The van der Waals surface area contributed by atoms with Crippen LogP contribution in [0.4, 0.5) is 0 Å². The second-order valence-corrected chi connectivity index (χ2v) is 8.85. The van der Waals surface area contributed by atoms with E-state index in [9.17, 15) is 0 Å². The number of hydrogen-bond donors (Lipinski definition) is 0. The van der Waals surface area contributed by atoms with Gasteiger partial charge in [0.2, 0.25) is 0 Å². The topological polar surface area (TPSA) is 22.1 Å². The summed E-state index contributed by atoms with van der Waals surface area (Å²) in [6.07, 6.45) is 7.00. The third kappa shape index (κ3) is 2.29. The summed E-state index contributed by atoms with van der Waals surface area (Å²) >= 11 is 0. The van der Waals surface area contributed by atoms with Crippen LogP contribution in [0.1, 0.15) is 19.3 Å². The van der Waals surface area contributed by atoms with E-state index in [1.807, 2.05) is 19.4 Å². The third-order valence-corrected chi connectivity index (χ3v) is 8.28. The molecule has 1 fully saturated rings. The molecule has 1 aromatic heterocycles. The number of aromatic nitrogens is 1. The van der Waals surface area contributed by atoms with Crippen molar-refractivity contribution in [1.29, 1.82) is 0 Å². The van der Waals surface area contributed by atoms with E-state index in [4.69, 9.17) is 4.74 Å². The zero-order valence-corrected chi connectivity index (χ0v) is 10.4. The maximum Gasteiger partial charge on any atom is 0.138 e. The Labute approximate surface area is 92.7 Å². The van der Waals surface area contributed by atoms with Gasteiger partial charge in [-0.25, -0.2) is 0 Å². The highest BCUT2D eigenvalue weighted by atomic mass is 28.3. The zero-order chi connectivity index (χ0) is 10.6. The Morgan fingerprint density at radius 2 is 2.07 bits per heavy atom. The highest BCUT2D eigenvalue weighted by Gasteiger charge is 2.37. The van der Waals surface area contributed by atoms with Crippen LogP contribution in [0.15, 0.2) is 24.4 Å². The predicted molar refractivity (Wildman–Crippen MR) is 65.0 cm³/mol. The van der Waals surface area contributed by atoms with E-state index in [1.165, 1.54) is 36.7 Å². The predicted octanol–water partition coefficient (Wildman–Crippen LogP) is 2.11. The standard InChI is InChI=1S/C12H19NOSi/c1-14-11-15(9-5-2-6-10-15)12-7-3-4-8-13-12/h3-4,7-8H,2,5-6,9-11H2,1H3. The SMILES string of the molecule is COC[Si]1(c2ccccn2)CCCCC1. The van der Waals surface area contributed by atoms with Gasteiger partial charge in [0.05, 0.1) is 0 Å². The fourth-order valence-electron chi connectivity index (χ4n) is 2.66. The van der Waals surface area contributed by atoms with Gasteiger partial charge in [0.25, 0.3) is 0 Å². The van der Waals surface area contributed by atoms with E-state index in [-0.39, 0.29) is 0 Å². The van der Waals surface area contributed by atoms with Crippen molar-refractivity contribution in [2.24, 2.45) is 0 Å². The second kappa shape index (κ2) is 4.90. The molecule has 82 valence electrons. The van der Waals surface area contributed by atoms with Crippen LogP contribution < -0.4 is 5.32 Å². The summed E-state index contributed by atoms with van der Waals surface area (Å²) in [6, 6.07) is 9.04. The second-order valence-electron chi connectivity index (χ2n) is 4.49. The fraction of sp³-hybridized carbons (Fsp3) is 0.583. The Morgan fingerprint density at radius 1 is 1.27 bits per heavy atom. The molecule has 1 aromatic rings. The monoisotopic (exact) mass is 221 g/mol. The lowest BCUT2D eigenvalue weighted by molar-refractivity contribution is 0.244. The van der Waals surface area contributed by atoms with Crippen molar-refractivity contribution in [3.63, 3.8) is 0 Å². The van der Waals surface area contributed by atoms with Crippen molar-refractivity contribution in [3.8, 4) is 0 Å². The van der Waals surface area contributed by atoms with E-state index in [0.29, 0.717) is 0 Å². The average Bonchev–Trinajstić information content (AvgIpc) is 2.32. The molecule has 0 bridgehead atoms. The average molecular weight is 221 g/mol. The van der Waals surface area contributed by atoms with Crippen LogP contribution >= 0.6 is 0 Å². The van der Waals surface area contributed by atoms with Crippen LogP contribution in [0.3, 0.4) is 0 Å². The van der Waals surface area contributed by atoms with Crippen LogP contribution in [-0.4, -0.2) is 26.4 Å². The molecule has 0 N–H and O–H groups in total. The molecule has 0 spiro atoms. The maximum absolute atomic E-state index is 5.46. The van der Waals surface area contributed by atoms with Gasteiger partial charge < -0.3 is 4.74 Å². The normalized spacial score (nSPS) is 20.1. The van der Waals surface area contributed by atoms with Gasteiger partial charge >= 0.3 is 0 Å². The summed E-state index contributed by atoms with van der Waals surface area (Å²) in [7, 11) is 0.434. The quantitative estimate of drug-likeness (QED) is 0.729. The Morgan fingerprint density at radius 3 is 2.67 bits per heavy atom. The number of rotatable bonds is 3. The van der Waals surface area contributed by atoms with Gasteiger partial charge in [-0.1, -0.05) is 25.3 Å². The van der Waals surface area contributed by atoms with E-state index < -0.39 is 8.07 Å². The van der Waals surface area contributed by atoms with Crippen LogP contribution in [0.25, 0.3) is 0 Å². The third-order valence-electron chi connectivity index (χ3n) is 3.44. The van der Waals surface area contributed by atoms with E-state index in [1.54, 1.807) is 0 Å². The van der Waals surface area contributed by atoms with E-state index >= 15 is 0 Å². The number of nitrogens with zero attached hydrogens (tertiary/aromatic N) is 1. The van der Waals surface area contributed by atoms with Gasteiger partial charge in [-0.15, -0.1) is 0 Å². The first-order valence-corrected chi connectivity index (χ1v) is 8.40. The molecule has 0 saturated carbocycles. The lowest BCUT2D eigenvalue weighted by atomic mass is 10.3. The first-order valence-electron chi connectivity index (χ1n) is 5.78. The summed E-state index contributed by atoms with van der Waals surface area (Å²) in [4.78, 5) is 4.57. The van der Waals surface area contributed by atoms with Crippen molar-refractivity contribution >= 4 is 13.4 Å². The molecule has 3 heteroatoms. The first-order chi connectivity index (χ1) is 7.37. The molecule has 2 nitrogen and oxygen atoms in total. The molecule has 0 atom stereocenters. The number of hydrogen-bond acceptors (Lipinski definition) is 2. The number of methoxy groups -OCH3 is 1. The summed E-state index contributed by atoms with van der Waals surface area (Å²) in [5.74, 6) is 0. The van der Waals surface area contributed by atoms with E-state index in [2.05, 4.69) is 17.1 Å². The summed E-state index contributed by atoms with van der Waals surface area (Å²) < 4.78 is 5.46. The molecule has 0 aliphatic carbocycles. The van der Waals surface area contributed by atoms with E-state index in [0.717, 1.165) is 6.23 Å². The minimum absolute atomic E-state index is 0.948. The summed E-state index contributed by atoms with van der Waals surface area (Å²) in [6.45, 7) is 0. The van der Waals surface area contributed by atoms with Gasteiger partial charge in [0.15, 0.2) is 0 Å². The van der Waals surface area contributed by atoms with Crippen molar-refractivity contribution in [3.05, 3.63) is 24.4 Å². The van der Waals surface area contributed by atoms with Crippen LogP contribution in [-0.2, 0) is 4.74 Å². The highest BCUT2D eigenvalue weighted by Crippen LogP contribution is 2.27. The van der Waals surface area contributed by atoms with Crippen LogP contribution in [0, 0.1) is 0 Å². The maximum atomic E-state index is 5.46. The van der Waals surface area contributed by atoms with Crippen LogP contribution in [0.5, 0.6) is 0 Å². The van der Waals surface area contributed by atoms with Crippen molar-refractivity contribution in [2.45, 2.75) is 31.4 Å². The molecular formula is C12H19NOSi. The van der Waals surface area contributed by atoms with Crippen molar-refractivity contribution < 1.29 is 4.74 Å². The van der Waals surface area contributed by atoms with Gasteiger partial charge in [0.1, 0.15) is 8.07 Å². The molecular weight excluding hydrogens is 202 g/mol. The highest BCUT2D eigenvalue weighted by molar-refractivity contribution is 6.91. The molecule has 2 rings (SSSR count). The van der Waals surface area contributed by atoms with Crippen LogP contribution in [0.2, 0.25) is 12.1 Å². The molecule has 1 saturated heterocycles. The lowest BCUT2D eigenvalue weighted by Crippen LogP contribution is -2.54. The smallest absolute Gasteiger partial charge is 0.138 e. The minimum Gasteiger partial charge on any atom is -0.387 e. The Bertz CT molecular complexity index is 290. The van der Waals surface area contributed by atoms with Crippen molar-refractivity contribution in [1.82, 2.24) is 4.98 Å². The molecule has 0 amide bonds. The zero-order valence-electron chi connectivity index (χ0n) is 9.41. The Balaban J connectivity index is 2.25. The van der Waals surface area contributed by atoms with Gasteiger partial charge in [-0.3, -0.25) is 4.98 Å². The number of ether oxygens (including phenoxy) is 1. The molecule has 0 aromatic carbocycles. The molecule has 1 aliphatic heterocycles. The first kappa shape index (κ1) is 10.8. The largest absolute Gasteiger partial charge is 0.387 e. The molecule has 1 aliphatic rings. The molecule has 15 heavy (non-hydrogen) atoms. The Kier molecular flexibility index (Phi) is 3.54. The molecule has 0 unspecified atom stereocenters.